The molecule has 0 aliphatic carbocycles. The fraction of sp³-hybridized carbons (Fsp3) is 0.417. The molecule has 0 saturated carbocycles. The van der Waals surface area contributed by atoms with Gasteiger partial charge in [-0.1, -0.05) is 0 Å². The van der Waals surface area contributed by atoms with Gasteiger partial charge in [-0.2, -0.15) is 0 Å². The van der Waals surface area contributed by atoms with Crippen molar-refractivity contribution in [1.82, 2.24) is 0 Å². The fourth-order valence-electron chi connectivity index (χ4n) is 1.56. The molecule has 0 bridgehead atoms. The van der Waals surface area contributed by atoms with Crippen LogP contribution >= 0.6 is 0 Å². The first kappa shape index (κ1) is 12.8. The number of benzene rings is 1. The van der Waals surface area contributed by atoms with Crippen molar-refractivity contribution in [3.8, 4) is 0 Å². The molecule has 0 aliphatic heterocycles. The molecule has 0 aliphatic rings. The molecule has 1 rings (SSSR count). The monoisotopic (exact) mass is 217 g/mol. The second kappa shape index (κ2) is 7.07. The van der Waals surface area contributed by atoms with Crippen LogP contribution in [-0.4, -0.2) is 30.5 Å². The fourth-order valence-corrected chi connectivity index (χ4v) is 1.56. The topological polar surface area (TPSA) is 49.7 Å². The quantitative estimate of drug-likeness (QED) is 0.579. The van der Waals surface area contributed by atoms with Gasteiger partial charge in [-0.3, -0.25) is 0 Å². The van der Waals surface area contributed by atoms with E-state index >= 15 is 0 Å². The zero-order chi connectivity index (χ0) is 11.8. The van der Waals surface area contributed by atoms with E-state index in [-0.39, 0.29) is 6.04 Å². The Hall–Kier alpha value is -1.29. The van der Waals surface area contributed by atoms with Crippen LogP contribution in [0.4, 0.5) is 0 Å². The third-order valence-electron chi connectivity index (χ3n) is 2.49. The molecule has 1 unspecified atom stereocenters. The molecule has 0 radical (unpaired) electrons. The van der Waals surface area contributed by atoms with Crippen molar-refractivity contribution in [1.29, 1.82) is 0 Å². The van der Waals surface area contributed by atoms with Gasteiger partial charge in [0.05, 0.1) is 0 Å². The molecule has 1 aromatic rings. The Morgan fingerprint density at radius 1 is 1.44 bits per heavy atom. The van der Waals surface area contributed by atoms with Crippen LogP contribution in [0.3, 0.4) is 0 Å². The van der Waals surface area contributed by atoms with Crippen LogP contribution in [0.2, 0.25) is 0 Å². The van der Waals surface area contributed by atoms with Crippen molar-refractivity contribution < 1.29 is 9.81 Å². The number of rotatable bonds is 6. The van der Waals surface area contributed by atoms with Crippen molar-refractivity contribution in [2.75, 3.05) is 0 Å². The number of aliphatic hydroxyl groups excluding tert-OH is 1. The summed E-state index contributed by atoms with van der Waals surface area (Å²) in [6.45, 7) is 1.90. The van der Waals surface area contributed by atoms with E-state index in [4.69, 9.17) is 0 Å². The summed E-state index contributed by atoms with van der Waals surface area (Å²) in [7, 11) is 0.639. The van der Waals surface area contributed by atoms with Crippen LogP contribution in [-0.2, 0) is 11.1 Å². The maximum absolute atomic E-state index is 10.2. The van der Waals surface area contributed by atoms with Gasteiger partial charge in [0.1, 0.15) is 0 Å². The number of hydrogen-bond acceptors (Lipinski definition) is 3. The maximum atomic E-state index is 10.2. The van der Waals surface area contributed by atoms with Crippen molar-refractivity contribution >= 4 is 13.3 Å². The Morgan fingerprint density at radius 2 is 2.12 bits per heavy atom. The first-order valence-electron chi connectivity index (χ1n) is 5.46. The second-order valence-corrected chi connectivity index (χ2v) is 3.67. The second-order valence-electron chi connectivity index (χ2n) is 3.67. The molecule has 0 aromatic heterocycles. The van der Waals surface area contributed by atoms with Gasteiger partial charge in [0.2, 0.25) is 0 Å². The van der Waals surface area contributed by atoms with Crippen LogP contribution in [0.15, 0.2) is 35.3 Å². The average molecular weight is 217 g/mol. The Labute approximate surface area is 96.5 Å². The van der Waals surface area contributed by atoms with Gasteiger partial charge >= 0.3 is 95.9 Å². The van der Waals surface area contributed by atoms with Crippen LogP contribution in [0.1, 0.15) is 18.9 Å². The summed E-state index contributed by atoms with van der Waals surface area (Å²) in [5.41, 5.74) is 1.11. The predicted molar refractivity (Wildman–Crippen MR) is 65.2 cm³/mol. The van der Waals surface area contributed by atoms with E-state index in [1.165, 1.54) is 6.11 Å². The standard InChI is InChI=1S/C12H16BNO2/c1-2-12(15)11(14-9-13-16)8-10-6-4-3-5-7-10/h3-7,9,11-12,15H,2,8H2,1H3/t11-,12?/m0/s1. The van der Waals surface area contributed by atoms with E-state index in [1.807, 2.05) is 37.3 Å². The zero-order valence-electron chi connectivity index (χ0n) is 9.41. The van der Waals surface area contributed by atoms with Gasteiger partial charge in [-0.25, -0.2) is 0 Å². The van der Waals surface area contributed by atoms with E-state index in [0.717, 1.165) is 5.56 Å². The van der Waals surface area contributed by atoms with Gasteiger partial charge < -0.3 is 0 Å². The SMILES string of the molecule is CCC(O)[C@H](Cc1ccccc1)N=CB=O. The number of aliphatic imine (C=N–C) groups is 1. The van der Waals surface area contributed by atoms with E-state index in [1.54, 1.807) is 0 Å². The van der Waals surface area contributed by atoms with Crippen molar-refractivity contribution in [3.63, 3.8) is 0 Å². The van der Waals surface area contributed by atoms with Gasteiger partial charge in [-0.05, 0) is 0 Å². The van der Waals surface area contributed by atoms with Gasteiger partial charge in [-0.15, -0.1) is 0 Å². The van der Waals surface area contributed by atoms with Gasteiger partial charge in [0.15, 0.2) is 0 Å². The molecule has 0 heterocycles. The normalized spacial score (nSPS) is 14.6. The molecule has 0 amide bonds. The molecule has 0 saturated heterocycles. The molecule has 4 heteroatoms. The van der Waals surface area contributed by atoms with Crippen molar-refractivity contribution in [3.05, 3.63) is 35.9 Å². The zero-order valence-corrected chi connectivity index (χ0v) is 9.41. The molecule has 3 nitrogen and oxygen atoms in total. The molecular weight excluding hydrogens is 201 g/mol. The summed E-state index contributed by atoms with van der Waals surface area (Å²) in [5, 5.41) is 9.78. The van der Waals surface area contributed by atoms with Crippen molar-refractivity contribution in [2.45, 2.75) is 31.9 Å². The average Bonchev–Trinajstić information content (AvgIpc) is 2.34. The van der Waals surface area contributed by atoms with Gasteiger partial charge in [0.25, 0.3) is 0 Å². The summed E-state index contributed by atoms with van der Waals surface area (Å²) in [4.78, 5) is 4.07. The van der Waals surface area contributed by atoms with Crippen LogP contribution in [0, 0.1) is 0 Å². The van der Waals surface area contributed by atoms with E-state index in [0.29, 0.717) is 20.0 Å². The minimum atomic E-state index is -0.503. The first-order valence-corrected chi connectivity index (χ1v) is 5.46. The van der Waals surface area contributed by atoms with E-state index in [2.05, 4.69) is 4.99 Å². The predicted octanol–water partition coefficient (Wildman–Crippen LogP) is 1.45. The summed E-state index contributed by atoms with van der Waals surface area (Å²) < 4.78 is 10.2. The molecule has 2 atom stereocenters. The molecule has 0 spiro atoms. The molecule has 84 valence electrons. The third-order valence-corrected chi connectivity index (χ3v) is 2.49. The van der Waals surface area contributed by atoms with E-state index < -0.39 is 6.10 Å². The molecule has 0 fully saturated rings. The molecule has 16 heavy (non-hydrogen) atoms. The summed E-state index contributed by atoms with van der Waals surface area (Å²) in [6.07, 6.45) is 2.00. The van der Waals surface area contributed by atoms with Crippen molar-refractivity contribution in [2.24, 2.45) is 4.99 Å². The molecule has 1 aromatic carbocycles. The minimum absolute atomic E-state index is 0.238. The molecule has 1 N–H and O–H groups in total. The summed E-state index contributed by atoms with van der Waals surface area (Å²) in [6, 6.07) is 9.60. The number of aliphatic hydroxyl groups is 1. The Balaban J connectivity index is 2.70. The molecular formula is C12H16BNO2. The van der Waals surface area contributed by atoms with Crippen LogP contribution in [0.25, 0.3) is 0 Å². The third kappa shape index (κ3) is 4.07. The Morgan fingerprint density at radius 3 is 2.69 bits per heavy atom. The van der Waals surface area contributed by atoms with Crippen LogP contribution < -0.4 is 0 Å². The summed E-state index contributed by atoms with van der Waals surface area (Å²) >= 11 is 0. The number of hydrogen-bond donors (Lipinski definition) is 1. The van der Waals surface area contributed by atoms with E-state index in [9.17, 15) is 9.81 Å². The van der Waals surface area contributed by atoms with Crippen LogP contribution in [0.5, 0.6) is 0 Å². The first-order chi connectivity index (χ1) is 7.77. The number of nitrogens with zero attached hydrogens (tertiary/aromatic N) is 1. The summed E-state index contributed by atoms with van der Waals surface area (Å²) in [5.74, 6) is 0. The van der Waals surface area contributed by atoms with Gasteiger partial charge in [0, 0.05) is 0 Å². The Bertz CT molecular complexity index is 340. The Kier molecular flexibility index (Phi) is 5.64.